The Morgan fingerprint density at radius 1 is 1.46 bits per heavy atom. The van der Waals surface area contributed by atoms with Gasteiger partial charge in [0.25, 0.3) is 0 Å². The molecule has 5 nitrogen and oxygen atoms in total. The number of nitrogens with two attached hydrogens (primary N) is 1. The van der Waals surface area contributed by atoms with Gasteiger partial charge in [-0.3, -0.25) is 9.59 Å². The van der Waals surface area contributed by atoms with Gasteiger partial charge in [-0.15, -0.1) is 0 Å². The highest BCUT2D eigenvalue weighted by molar-refractivity contribution is 5.78. The summed E-state index contributed by atoms with van der Waals surface area (Å²) in [4.78, 5) is 21.4. The number of hydrogen-bond donors (Lipinski definition) is 3. The highest BCUT2D eigenvalue weighted by atomic mass is 16.2. The van der Waals surface area contributed by atoms with Crippen LogP contribution in [0.4, 0.5) is 0 Å². The SMILES string of the molecule is CNCC(=O)NC(C)CCC(N)=O. The number of carbonyl (C=O) groups is 2. The van der Waals surface area contributed by atoms with Crippen LogP contribution in [0.5, 0.6) is 0 Å². The fourth-order valence-corrected chi connectivity index (χ4v) is 0.917. The van der Waals surface area contributed by atoms with Crippen molar-refractivity contribution < 1.29 is 9.59 Å². The minimum absolute atomic E-state index is 0.00616. The van der Waals surface area contributed by atoms with E-state index in [1.807, 2.05) is 6.92 Å². The van der Waals surface area contributed by atoms with Gasteiger partial charge < -0.3 is 16.4 Å². The molecule has 0 saturated heterocycles. The van der Waals surface area contributed by atoms with Gasteiger partial charge in [0, 0.05) is 12.5 Å². The van der Waals surface area contributed by atoms with Crippen molar-refractivity contribution >= 4 is 11.8 Å². The Kier molecular flexibility index (Phi) is 5.88. The molecule has 0 radical (unpaired) electrons. The van der Waals surface area contributed by atoms with Gasteiger partial charge in [0.1, 0.15) is 0 Å². The van der Waals surface area contributed by atoms with E-state index in [0.29, 0.717) is 19.4 Å². The molecule has 0 heterocycles. The number of carbonyl (C=O) groups excluding carboxylic acids is 2. The molecule has 4 N–H and O–H groups in total. The molecule has 0 aromatic carbocycles. The van der Waals surface area contributed by atoms with Gasteiger partial charge in [-0.25, -0.2) is 0 Å². The van der Waals surface area contributed by atoms with Crippen LogP contribution in [-0.2, 0) is 9.59 Å². The average Bonchev–Trinajstić information content (AvgIpc) is 2.01. The fraction of sp³-hybridized carbons (Fsp3) is 0.750. The lowest BCUT2D eigenvalue weighted by Gasteiger charge is -2.12. The first kappa shape index (κ1) is 11.9. The van der Waals surface area contributed by atoms with Gasteiger partial charge in [0.15, 0.2) is 0 Å². The first-order valence-electron chi connectivity index (χ1n) is 4.28. The Labute approximate surface area is 78.1 Å². The molecule has 1 unspecified atom stereocenters. The number of primary amides is 1. The average molecular weight is 187 g/mol. The molecular weight excluding hydrogens is 170 g/mol. The van der Waals surface area contributed by atoms with E-state index in [1.165, 1.54) is 0 Å². The van der Waals surface area contributed by atoms with E-state index in [-0.39, 0.29) is 17.9 Å². The molecule has 0 rings (SSSR count). The quantitative estimate of drug-likeness (QED) is 0.497. The lowest BCUT2D eigenvalue weighted by atomic mass is 10.2. The second kappa shape index (κ2) is 6.42. The first-order chi connectivity index (χ1) is 6.06. The number of likely N-dealkylation sites (N-methyl/N-ethyl adjacent to an activating group) is 1. The molecule has 0 aliphatic carbocycles. The van der Waals surface area contributed by atoms with Crippen molar-refractivity contribution in [3.05, 3.63) is 0 Å². The minimum Gasteiger partial charge on any atom is -0.370 e. The molecule has 0 aromatic rings. The van der Waals surface area contributed by atoms with Crippen LogP contribution in [0.3, 0.4) is 0 Å². The van der Waals surface area contributed by atoms with Crippen molar-refractivity contribution in [2.24, 2.45) is 5.73 Å². The van der Waals surface area contributed by atoms with Crippen molar-refractivity contribution in [1.29, 1.82) is 0 Å². The summed E-state index contributed by atoms with van der Waals surface area (Å²) in [6.07, 6.45) is 0.895. The number of hydrogen-bond acceptors (Lipinski definition) is 3. The molecule has 76 valence electrons. The maximum absolute atomic E-state index is 11.0. The van der Waals surface area contributed by atoms with Gasteiger partial charge in [-0.05, 0) is 20.4 Å². The lowest BCUT2D eigenvalue weighted by molar-refractivity contribution is -0.121. The highest BCUT2D eigenvalue weighted by Gasteiger charge is 2.06. The zero-order chi connectivity index (χ0) is 10.3. The molecule has 0 fully saturated rings. The lowest BCUT2D eigenvalue weighted by Crippen LogP contribution is -2.38. The van der Waals surface area contributed by atoms with E-state index in [9.17, 15) is 9.59 Å². The molecule has 0 spiro atoms. The molecule has 0 aliphatic heterocycles. The maximum Gasteiger partial charge on any atom is 0.234 e. The van der Waals surface area contributed by atoms with Crippen LogP contribution in [0.25, 0.3) is 0 Å². The van der Waals surface area contributed by atoms with Crippen molar-refractivity contribution in [2.75, 3.05) is 13.6 Å². The van der Waals surface area contributed by atoms with Gasteiger partial charge >= 0.3 is 0 Å². The number of rotatable bonds is 6. The zero-order valence-corrected chi connectivity index (χ0v) is 8.09. The summed E-state index contributed by atoms with van der Waals surface area (Å²) >= 11 is 0. The van der Waals surface area contributed by atoms with Crippen molar-refractivity contribution in [2.45, 2.75) is 25.8 Å². The van der Waals surface area contributed by atoms with E-state index in [4.69, 9.17) is 5.73 Å². The monoisotopic (exact) mass is 187 g/mol. The summed E-state index contributed by atoms with van der Waals surface area (Å²) in [5, 5.41) is 5.46. The fourth-order valence-electron chi connectivity index (χ4n) is 0.917. The molecule has 0 aromatic heterocycles. The summed E-state index contributed by atoms with van der Waals surface area (Å²) in [6.45, 7) is 2.14. The first-order valence-corrected chi connectivity index (χ1v) is 4.28. The van der Waals surface area contributed by atoms with Crippen LogP contribution in [0, 0.1) is 0 Å². The molecule has 0 bridgehead atoms. The van der Waals surface area contributed by atoms with Crippen LogP contribution in [0.15, 0.2) is 0 Å². The molecule has 1 atom stereocenters. The summed E-state index contributed by atoms with van der Waals surface area (Å²) in [7, 11) is 1.70. The third-order valence-electron chi connectivity index (χ3n) is 1.57. The second-order valence-electron chi connectivity index (χ2n) is 3.00. The van der Waals surface area contributed by atoms with E-state index in [0.717, 1.165) is 0 Å². The van der Waals surface area contributed by atoms with E-state index in [1.54, 1.807) is 7.05 Å². The van der Waals surface area contributed by atoms with Crippen LogP contribution in [0.2, 0.25) is 0 Å². The summed E-state index contributed by atoms with van der Waals surface area (Å²) < 4.78 is 0. The molecule has 2 amide bonds. The number of amides is 2. The normalized spacial score (nSPS) is 12.2. The largest absolute Gasteiger partial charge is 0.370 e. The van der Waals surface area contributed by atoms with Gasteiger partial charge in [-0.2, -0.15) is 0 Å². The Morgan fingerprint density at radius 2 is 2.08 bits per heavy atom. The predicted molar refractivity (Wildman–Crippen MR) is 50.0 cm³/mol. The van der Waals surface area contributed by atoms with Crippen LogP contribution in [-0.4, -0.2) is 31.4 Å². The molecular formula is C8H17N3O2. The Morgan fingerprint density at radius 3 is 2.54 bits per heavy atom. The Balaban J connectivity index is 3.55. The number of nitrogens with one attached hydrogen (secondary N) is 2. The van der Waals surface area contributed by atoms with Crippen LogP contribution < -0.4 is 16.4 Å². The minimum atomic E-state index is -0.338. The second-order valence-corrected chi connectivity index (χ2v) is 3.00. The summed E-state index contributed by atoms with van der Waals surface area (Å²) in [5.74, 6) is -0.408. The smallest absolute Gasteiger partial charge is 0.234 e. The zero-order valence-electron chi connectivity index (χ0n) is 8.09. The Hall–Kier alpha value is -1.10. The van der Waals surface area contributed by atoms with Gasteiger partial charge in [0.05, 0.1) is 6.54 Å². The predicted octanol–water partition coefficient (Wildman–Crippen LogP) is -1.02. The summed E-state index contributed by atoms with van der Waals surface area (Å²) in [5.41, 5.74) is 4.97. The van der Waals surface area contributed by atoms with E-state index in [2.05, 4.69) is 10.6 Å². The molecule has 0 aliphatic rings. The van der Waals surface area contributed by atoms with E-state index >= 15 is 0 Å². The van der Waals surface area contributed by atoms with Gasteiger partial charge in [-0.1, -0.05) is 0 Å². The Bertz CT molecular complexity index is 182. The maximum atomic E-state index is 11.0. The van der Waals surface area contributed by atoms with Crippen LogP contribution in [0.1, 0.15) is 19.8 Å². The molecule has 0 saturated carbocycles. The molecule has 13 heavy (non-hydrogen) atoms. The topological polar surface area (TPSA) is 84.2 Å². The third-order valence-corrected chi connectivity index (χ3v) is 1.57. The standard InChI is InChI=1S/C8H17N3O2/c1-6(3-4-7(9)12)11-8(13)5-10-2/h6,10H,3-5H2,1-2H3,(H2,9,12)(H,11,13). The third kappa shape index (κ3) is 7.27. The highest BCUT2D eigenvalue weighted by Crippen LogP contribution is 1.94. The van der Waals surface area contributed by atoms with Crippen molar-refractivity contribution in [1.82, 2.24) is 10.6 Å². The summed E-state index contributed by atoms with van der Waals surface area (Å²) in [6, 6.07) is -0.00616. The van der Waals surface area contributed by atoms with Crippen molar-refractivity contribution in [3.63, 3.8) is 0 Å². The van der Waals surface area contributed by atoms with Crippen molar-refractivity contribution in [3.8, 4) is 0 Å². The molecule has 5 heteroatoms. The van der Waals surface area contributed by atoms with Gasteiger partial charge in [0.2, 0.25) is 11.8 Å². The van der Waals surface area contributed by atoms with Crippen LogP contribution >= 0.6 is 0 Å². The van der Waals surface area contributed by atoms with E-state index < -0.39 is 0 Å².